The minimum Gasteiger partial charge on any atom is -0.465 e. The van der Waals surface area contributed by atoms with E-state index in [1.54, 1.807) is 6.07 Å². The zero-order valence-electron chi connectivity index (χ0n) is 11.0. The number of anilines is 1. The Labute approximate surface area is 146 Å². The van der Waals surface area contributed by atoms with E-state index in [-0.39, 0.29) is 5.91 Å². The Hall–Kier alpha value is -0.770. The van der Waals surface area contributed by atoms with Crippen molar-refractivity contribution in [2.75, 3.05) is 12.4 Å². The predicted octanol–water partition coefficient (Wildman–Crippen LogP) is 4.33. The van der Waals surface area contributed by atoms with Crippen LogP contribution in [0.1, 0.15) is 32.0 Å². The highest BCUT2D eigenvalue weighted by Gasteiger charge is 2.20. The molecule has 21 heavy (non-hydrogen) atoms. The fraction of sp³-hybridized carbons (Fsp3) is 0.250. The number of rotatable bonds is 4. The maximum atomic E-state index is 12.1. The number of carbonyl (C=O) groups excluding carboxylic acids is 2. The first-order chi connectivity index (χ1) is 9.96. The molecule has 0 unspecified atom stereocenters. The smallest absolute Gasteiger partial charge is 0.350 e. The van der Waals surface area contributed by atoms with Gasteiger partial charge in [0.05, 0.1) is 21.5 Å². The van der Waals surface area contributed by atoms with Gasteiger partial charge < -0.3 is 4.74 Å². The van der Waals surface area contributed by atoms with Crippen molar-refractivity contribution in [1.29, 1.82) is 0 Å². The molecule has 2 aromatic heterocycles. The van der Waals surface area contributed by atoms with Crippen molar-refractivity contribution in [3.05, 3.63) is 29.8 Å². The lowest BCUT2D eigenvalue weighted by Gasteiger charge is -1.97. The number of thiazole rings is 1. The third-order valence-electron chi connectivity index (χ3n) is 2.49. The van der Waals surface area contributed by atoms with Gasteiger partial charge in [0.1, 0.15) is 4.88 Å². The average molecular weight is 454 g/mol. The molecule has 0 spiro atoms. The third-order valence-corrected chi connectivity index (χ3v) is 6.74. The molecular formula is C12H10Br2N2O3S2. The number of hydrogen-bond donors (Lipinski definition) is 1. The molecule has 1 amide bonds. The molecular weight excluding hydrogens is 444 g/mol. The van der Waals surface area contributed by atoms with Crippen LogP contribution in [0.2, 0.25) is 0 Å². The second kappa shape index (κ2) is 6.99. The minimum absolute atomic E-state index is 0.265. The molecule has 2 aromatic rings. The van der Waals surface area contributed by atoms with Gasteiger partial charge in [-0.1, -0.05) is 18.3 Å². The van der Waals surface area contributed by atoms with Gasteiger partial charge in [0.15, 0.2) is 5.13 Å². The summed E-state index contributed by atoms with van der Waals surface area (Å²) in [5.41, 5.74) is 0.621. The van der Waals surface area contributed by atoms with E-state index < -0.39 is 5.97 Å². The van der Waals surface area contributed by atoms with E-state index in [0.717, 1.165) is 19.6 Å². The molecule has 2 rings (SSSR count). The van der Waals surface area contributed by atoms with Crippen molar-refractivity contribution in [2.45, 2.75) is 13.3 Å². The van der Waals surface area contributed by atoms with E-state index in [9.17, 15) is 9.59 Å². The minimum atomic E-state index is -0.438. The summed E-state index contributed by atoms with van der Waals surface area (Å²) in [5.74, 6) is -0.703. The Morgan fingerprint density at radius 3 is 2.62 bits per heavy atom. The van der Waals surface area contributed by atoms with Crippen molar-refractivity contribution >= 4 is 71.5 Å². The Morgan fingerprint density at radius 2 is 2.10 bits per heavy atom. The predicted molar refractivity (Wildman–Crippen MR) is 90.5 cm³/mol. The maximum Gasteiger partial charge on any atom is 0.350 e. The molecule has 0 bridgehead atoms. The van der Waals surface area contributed by atoms with Gasteiger partial charge in [-0.05, 0) is 44.3 Å². The molecule has 0 aliphatic carbocycles. The number of methoxy groups -OCH3 is 1. The standard InChI is InChI=1S/C12H10Br2N2O3S2/c1-3-6-8(11(18)19-2)21-12(15-6)16-10(17)7-4-5(13)9(14)20-7/h4H,3H2,1-2H3,(H,15,16,17). The molecule has 0 aliphatic rings. The highest BCUT2D eigenvalue weighted by Crippen LogP contribution is 2.33. The van der Waals surface area contributed by atoms with E-state index in [4.69, 9.17) is 4.74 Å². The number of aryl methyl sites for hydroxylation is 1. The van der Waals surface area contributed by atoms with Gasteiger partial charge >= 0.3 is 5.97 Å². The number of thiophene rings is 1. The normalized spacial score (nSPS) is 10.5. The highest BCUT2D eigenvalue weighted by atomic mass is 79.9. The van der Waals surface area contributed by atoms with Crippen molar-refractivity contribution < 1.29 is 14.3 Å². The van der Waals surface area contributed by atoms with E-state index in [1.807, 2.05) is 6.92 Å². The van der Waals surface area contributed by atoms with Crippen LogP contribution >= 0.6 is 54.5 Å². The lowest BCUT2D eigenvalue weighted by molar-refractivity contribution is 0.0604. The SMILES string of the molecule is CCc1nc(NC(=O)c2cc(Br)c(Br)s2)sc1C(=O)OC. The van der Waals surface area contributed by atoms with Crippen LogP contribution in [0.25, 0.3) is 0 Å². The van der Waals surface area contributed by atoms with Gasteiger partial charge in [0, 0.05) is 4.47 Å². The molecule has 5 nitrogen and oxygen atoms in total. The molecule has 0 saturated carbocycles. The molecule has 0 saturated heterocycles. The number of aromatic nitrogens is 1. The second-order valence-electron chi connectivity index (χ2n) is 3.83. The van der Waals surface area contributed by atoms with Gasteiger partial charge in [0.25, 0.3) is 5.91 Å². The van der Waals surface area contributed by atoms with E-state index in [2.05, 4.69) is 42.2 Å². The van der Waals surface area contributed by atoms with Crippen LogP contribution in [0.15, 0.2) is 14.3 Å². The Morgan fingerprint density at radius 1 is 1.38 bits per heavy atom. The molecule has 112 valence electrons. The Kier molecular flexibility index (Phi) is 5.53. The summed E-state index contributed by atoms with van der Waals surface area (Å²) in [5, 5.41) is 3.09. The van der Waals surface area contributed by atoms with Gasteiger partial charge in [0.2, 0.25) is 0 Å². The summed E-state index contributed by atoms with van der Waals surface area (Å²) in [6.07, 6.45) is 0.590. The average Bonchev–Trinajstić information content (AvgIpc) is 3.02. The number of carbonyl (C=O) groups is 2. The zero-order chi connectivity index (χ0) is 15.6. The molecule has 1 N–H and O–H groups in total. The van der Waals surface area contributed by atoms with Crippen LogP contribution in [0.4, 0.5) is 5.13 Å². The summed E-state index contributed by atoms with van der Waals surface area (Å²) >= 11 is 9.10. The van der Waals surface area contributed by atoms with Crippen molar-refractivity contribution in [3.63, 3.8) is 0 Å². The van der Waals surface area contributed by atoms with E-state index >= 15 is 0 Å². The number of nitrogens with one attached hydrogen (secondary N) is 1. The largest absolute Gasteiger partial charge is 0.465 e. The lowest BCUT2D eigenvalue weighted by Crippen LogP contribution is -2.09. The first-order valence-electron chi connectivity index (χ1n) is 5.80. The summed E-state index contributed by atoms with van der Waals surface area (Å²) in [6.45, 7) is 1.89. The third kappa shape index (κ3) is 3.71. The lowest BCUT2D eigenvalue weighted by atomic mass is 10.3. The summed E-state index contributed by atoms with van der Waals surface area (Å²) in [7, 11) is 1.32. The summed E-state index contributed by atoms with van der Waals surface area (Å²) < 4.78 is 6.37. The molecule has 0 fully saturated rings. The van der Waals surface area contributed by atoms with E-state index in [1.165, 1.54) is 18.4 Å². The highest BCUT2D eigenvalue weighted by molar-refractivity contribution is 9.13. The maximum absolute atomic E-state index is 12.1. The van der Waals surface area contributed by atoms with Crippen LogP contribution < -0.4 is 5.32 Å². The van der Waals surface area contributed by atoms with Crippen LogP contribution in [0, 0.1) is 0 Å². The summed E-state index contributed by atoms with van der Waals surface area (Å²) in [6, 6.07) is 1.72. The van der Waals surface area contributed by atoms with Gasteiger partial charge in [-0.2, -0.15) is 0 Å². The molecule has 0 radical (unpaired) electrons. The van der Waals surface area contributed by atoms with Gasteiger partial charge in [-0.15, -0.1) is 11.3 Å². The molecule has 9 heteroatoms. The molecule has 0 aliphatic heterocycles. The first kappa shape index (κ1) is 16.6. The monoisotopic (exact) mass is 452 g/mol. The summed E-state index contributed by atoms with van der Waals surface area (Å²) in [4.78, 5) is 29.0. The van der Waals surface area contributed by atoms with Gasteiger partial charge in [-0.25, -0.2) is 9.78 Å². The molecule has 2 heterocycles. The van der Waals surface area contributed by atoms with Crippen molar-refractivity contribution in [2.24, 2.45) is 0 Å². The number of esters is 1. The van der Waals surface area contributed by atoms with Crippen molar-refractivity contribution in [1.82, 2.24) is 4.98 Å². The van der Waals surface area contributed by atoms with E-state index in [0.29, 0.717) is 27.0 Å². The van der Waals surface area contributed by atoms with Crippen LogP contribution in [0.5, 0.6) is 0 Å². The fourth-order valence-corrected chi connectivity index (χ4v) is 4.41. The number of halogens is 2. The van der Waals surface area contributed by atoms with Gasteiger partial charge in [-0.3, -0.25) is 10.1 Å². The quantitative estimate of drug-likeness (QED) is 0.699. The first-order valence-corrected chi connectivity index (χ1v) is 9.02. The van der Waals surface area contributed by atoms with Crippen LogP contribution in [0.3, 0.4) is 0 Å². The molecule has 0 aromatic carbocycles. The Bertz CT molecular complexity index is 677. The molecule has 0 atom stereocenters. The van der Waals surface area contributed by atoms with Crippen LogP contribution in [-0.2, 0) is 11.2 Å². The fourth-order valence-electron chi connectivity index (χ4n) is 1.51. The Balaban J connectivity index is 2.21. The second-order valence-corrected chi connectivity index (χ2v) is 8.05. The van der Waals surface area contributed by atoms with Crippen LogP contribution in [-0.4, -0.2) is 24.0 Å². The zero-order valence-corrected chi connectivity index (χ0v) is 15.8. The number of amides is 1. The number of hydrogen-bond acceptors (Lipinski definition) is 6. The number of nitrogens with zero attached hydrogens (tertiary/aromatic N) is 1. The number of ether oxygens (including phenoxy) is 1. The van der Waals surface area contributed by atoms with Crippen molar-refractivity contribution in [3.8, 4) is 0 Å². The topological polar surface area (TPSA) is 68.3 Å².